The molecule has 0 saturated carbocycles. The van der Waals surface area contributed by atoms with Crippen molar-refractivity contribution in [1.29, 1.82) is 0 Å². The van der Waals surface area contributed by atoms with Crippen molar-refractivity contribution in [2.75, 3.05) is 5.75 Å². The lowest BCUT2D eigenvalue weighted by atomic mass is 10.2. The van der Waals surface area contributed by atoms with Crippen molar-refractivity contribution in [3.05, 3.63) is 71.4 Å². The highest BCUT2D eigenvalue weighted by molar-refractivity contribution is 8.00. The molecule has 0 N–H and O–H groups in total. The molecule has 3 rings (SSSR count). The number of rotatable bonds is 6. The van der Waals surface area contributed by atoms with E-state index in [1.165, 1.54) is 11.8 Å². The first-order chi connectivity index (χ1) is 11.7. The maximum Gasteiger partial charge on any atom is 0.316 e. The van der Waals surface area contributed by atoms with E-state index in [0.717, 1.165) is 10.5 Å². The molecule has 6 heteroatoms. The lowest BCUT2D eigenvalue weighted by molar-refractivity contribution is -0.141. The molecule has 0 unspecified atom stereocenters. The molecule has 3 aromatic rings. The van der Waals surface area contributed by atoms with Crippen molar-refractivity contribution in [1.82, 2.24) is 5.16 Å². The van der Waals surface area contributed by atoms with E-state index in [1.807, 2.05) is 42.5 Å². The van der Waals surface area contributed by atoms with Gasteiger partial charge in [-0.15, -0.1) is 11.8 Å². The first-order valence-electron chi connectivity index (χ1n) is 7.26. The summed E-state index contributed by atoms with van der Waals surface area (Å²) in [7, 11) is 0. The smallest absolute Gasteiger partial charge is 0.316 e. The van der Waals surface area contributed by atoms with Crippen LogP contribution in [-0.2, 0) is 16.1 Å². The molecule has 0 aliphatic heterocycles. The van der Waals surface area contributed by atoms with Crippen LogP contribution in [0.3, 0.4) is 0 Å². The van der Waals surface area contributed by atoms with E-state index in [4.69, 9.17) is 20.9 Å². The zero-order valence-corrected chi connectivity index (χ0v) is 14.2. The van der Waals surface area contributed by atoms with Crippen LogP contribution in [0.25, 0.3) is 11.3 Å². The van der Waals surface area contributed by atoms with E-state index in [9.17, 15) is 4.79 Å². The number of hydrogen-bond donors (Lipinski definition) is 0. The van der Waals surface area contributed by atoms with Crippen molar-refractivity contribution in [2.24, 2.45) is 0 Å². The van der Waals surface area contributed by atoms with Crippen molar-refractivity contribution in [2.45, 2.75) is 11.5 Å². The van der Waals surface area contributed by atoms with E-state index in [1.54, 1.807) is 18.2 Å². The third kappa shape index (κ3) is 4.63. The average molecular weight is 360 g/mol. The molecule has 0 amide bonds. The fraction of sp³-hybridized carbons (Fsp3) is 0.111. The molecule has 4 nitrogen and oxygen atoms in total. The molecule has 0 aliphatic rings. The summed E-state index contributed by atoms with van der Waals surface area (Å²) in [6, 6.07) is 18.7. The van der Waals surface area contributed by atoms with Crippen LogP contribution in [-0.4, -0.2) is 16.9 Å². The number of halogens is 1. The number of nitrogens with zero attached hydrogens (tertiary/aromatic N) is 1. The van der Waals surface area contributed by atoms with Crippen LogP contribution in [0, 0.1) is 0 Å². The van der Waals surface area contributed by atoms with E-state index in [0.29, 0.717) is 16.5 Å². The molecule has 2 aromatic carbocycles. The second-order valence-electron chi connectivity index (χ2n) is 4.95. The minimum atomic E-state index is -0.306. The Morgan fingerprint density at radius 2 is 1.88 bits per heavy atom. The summed E-state index contributed by atoms with van der Waals surface area (Å²) < 4.78 is 10.5. The van der Waals surface area contributed by atoms with Gasteiger partial charge in [0, 0.05) is 21.5 Å². The van der Waals surface area contributed by atoms with Gasteiger partial charge in [-0.1, -0.05) is 47.1 Å². The molecule has 0 spiro atoms. The van der Waals surface area contributed by atoms with Gasteiger partial charge in [0.25, 0.3) is 0 Å². The van der Waals surface area contributed by atoms with Crippen LogP contribution in [0.15, 0.2) is 70.1 Å². The van der Waals surface area contributed by atoms with E-state index in [-0.39, 0.29) is 18.3 Å². The number of thioether (sulfide) groups is 1. The third-order valence-electron chi connectivity index (χ3n) is 3.17. The Morgan fingerprint density at radius 3 is 2.62 bits per heavy atom. The summed E-state index contributed by atoms with van der Waals surface area (Å²) in [6.45, 7) is 0.0936. The van der Waals surface area contributed by atoms with Crippen LogP contribution < -0.4 is 0 Å². The molecule has 122 valence electrons. The standard InChI is InChI=1S/C18H14ClNO3S/c19-14-6-8-16(9-7-14)24-12-18(21)22-11-15-10-17(23-20-15)13-4-2-1-3-5-13/h1-10H,11-12H2. The van der Waals surface area contributed by atoms with E-state index >= 15 is 0 Å². The summed E-state index contributed by atoms with van der Waals surface area (Å²) in [4.78, 5) is 12.8. The van der Waals surface area contributed by atoms with Crippen LogP contribution in [0.5, 0.6) is 0 Å². The minimum Gasteiger partial charge on any atom is -0.458 e. The first kappa shape index (κ1) is 16.6. The van der Waals surface area contributed by atoms with Gasteiger partial charge in [0.05, 0.1) is 5.75 Å². The number of benzene rings is 2. The summed E-state index contributed by atoms with van der Waals surface area (Å²) in [5.74, 6) is 0.571. The lowest BCUT2D eigenvalue weighted by Crippen LogP contribution is -2.07. The summed E-state index contributed by atoms with van der Waals surface area (Å²) >= 11 is 7.22. The van der Waals surface area contributed by atoms with Gasteiger partial charge in [-0.2, -0.15) is 0 Å². The van der Waals surface area contributed by atoms with Gasteiger partial charge in [-0.05, 0) is 24.3 Å². The SMILES string of the molecule is O=C(CSc1ccc(Cl)cc1)OCc1cc(-c2ccccc2)on1. The summed E-state index contributed by atoms with van der Waals surface area (Å²) in [5, 5.41) is 4.59. The van der Waals surface area contributed by atoms with Gasteiger partial charge in [-0.25, -0.2) is 0 Å². The molecular weight excluding hydrogens is 346 g/mol. The van der Waals surface area contributed by atoms with Crippen LogP contribution in [0.4, 0.5) is 0 Å². The van der Waals surface area contributed by atoms with Crippen molar-refractivity contribution in [3.8, 4) is 11.3 Å². The van der Waals surface area contributed by atoms with E-state index in [2.05, 4.69) is 5.16 Å². The maximum absolute atomic E-state index is 11.8. The topological polar surface area (TPSA) is 52.3 Å². The van der Waals surface area contributed by atoms with Crippen molar-refractivity contribution < 1.29 is 14.1 Å². The highest BCUT2D eigenvalue weighted by Gasteiger charge is 2.09. The molecule has 1 aromatic heterocycles. The van der Waals surface area contributed by atoms with E-state index < -0.39 is 0 Å². The highest BCUT2D eigenvalue weighted by Crippen LogP contribution is 2.22. The number of ether oxygens (including phenoxy) is 1. The second kappa shape index (κ2) is 8.04. The zero-order valence-electron chi connectivity index (χ0n) is 12.6. The highest BCUT2D eigenvalue weighted by atomic mass is 35.5. The van der Waals surface area contributed by atoms with Gasteiger partial charge in [0.2, 0.25) is 0 Å². The number of esters is 1. The van der Waals surface area contributed by atoms with Gasteiger partial charge in [0.15, 0.2) is 5.76 Å². The predicted molar refractivity (Wildman–Crippen MR) is 93.9 cm³/mol. The monoisotopic (exact) mass is 359 g/mol. The molecule has 0 aliphatic carbocycles. The zero-order chi connectivity index (χ0) is 16.8. The number of carbonyl (C=O) groups is 1. The Morgan fingerprint density at radius 1 is 1.12 bits per heavy atom. The molecule has 0 atom stereocenters. The fourth-order valence-electron chi connectivity index (χ4n) is 1.99. The van der Waals surface area contributed by atoms with Crippen LogP contribution >= 0.6 is 23.4 Å². The van der Waals surface area contributed by atoms with Gasteiger partial charge in [-0.3, -0.25) is 4.79 Å². The molecule has 24 heavy (non-hydrogen) atoms. The fourth-order valence-corrected chi connectivity index (χ4v) is 2.81. The van der Waals surface area contributed by atoms with Gasteiger partial charge < -0.3 is 9.26 Å². The molecule has 0 fully saturated rings. The normalized spacial score (nSPS) is 10.5. The van der Waals surface area contributed by atoms with Crippen molar-refractivity contribution in [3.63, 3.8) is 0 Å². The lowest BCUT2D eigenvalue weighted by Gasteiger charge is -2.03. The largest absolute Gasteiger partial charge is 0.458 e. The molecule has 0 saturated heterocycles. The first-order valence-corrected chi connectivity index (χ1v) is 8.62. The maximum atomic E-state index is 11.8. The second-order valence-corrected chi connectivity index (χ2v) is 6.44. The summed E-state index contributed by atoms with van der Waals surface area (Å²) in [6.07, 6.45) is 0. The Hall–Kier alpha value is -2.24. The molecule has 0 bridgehead atoms. The van der Waals surface area contributed by atoms with Gasteiger partial charge in [0.1, 0.15) is 12.3 Å². The number of carbonyl (C=O) groups excluding carboxylic acids is 1. The third-order valence-corrected chi connectivity index (χ3v) is 4.41. The molecule has 0 radical (unpaired) electrons. The number of hydrogen-bond acceptors (Lipinski definition) is 5. The Bertz CT molecular complexity index is 803. The summed E-state index contributed by atoms with van der Waals surface area (Å²) in [5.41, 5.74) is 1.51. The average Bonchev–Trinajstić information content (AvgIpc) is 3.09. The Kier molecular flexibility index (Phi) is 5.56. The van der Waals surface area contributed by atoms with Crippen molar-refractivity contribution >= 4 is 29.3 Å². The van der Waals surface area contributed by atoms with Gasteiger partial charge >= 0.3 is 5.97 Å². The Balaban J connectivity index is 1.48. The Labute approximate surface area is 148 Å². The minimum absolute atomic E-state index is 0.0936. The molecule has 1 heterocycles. The van der Waals surface area contributed by atoms with Crippen LogP contribution in [0.2, 0.25) is 5.02 Å². The molecular formula is C18H14ClNO3S. The predicted octanol–water partition coefficient (Wildman–Crippen LogP) is 4.83. The quantitative estimate of drug-likeness (QED) is 0.466. The van der Waals surface area contributed by atoms with Crippen LogP contribution in [0.1, 0.15) is 5.69 Å². The number of aromatic nitrogens is 1.